The molecule has 0 aliphatic carbocycles. The van der Waals surface area contributed by atoms with Crippen molar-refractivity contribution in [3.63, 3.8) is 0 Å². The SMILES string of the molecule is COc1ccccc1CN(c1ccc(C)c(F)c1)S(C)(=O)=O. The highest BCUT2D eigenvalue weighted by Gasteiger charge is 2.20. The summed E-state index contributed by atoms with van der Waals surface area (Å²) in [7, 11) is -2.04. The topological polar surface area (TPSA) is 46.6 Å². The number of sulfonamides is 1. The highest BCUT2D eigenvalue weighted by atomic mass is 32.2. The van der Waals surface area contributed by atoms with E-state index in [0.29, 0.717) is 16.9 Å². The molecule has 0 aliphatic rings. The Morgan fingerprint density at radius 3 is 2.45 bits per heavy atom. The molecule has 2 aromatic carbocycles. The molecule has 0 unspecified atom stereocenters. The Bertz CT molecular complexity index is 775. The minimum absolute atomic E-state index is 0.0747. The van der Waals surface area contributed by atoms with Gasteiger partial charge in [0, 0.05) is 5.56 Å². The highest BCUT2D eigenvalue weighted by Crippen LogP contribution is 2.26. The van der Waals surface area contributed by atoms with Gasteiger partial charge in [0.25, 0.3) is 0 Å². The largest absolute Gasteiger partial charge is 0.496 e. The van der Waals surface area contributed by atoms with Crippen molar-refractivity contribution in [1.82, 2.24) is 0 Å². The molecule has 0 heterocycles. The van der Waals surface area contributed by atoms with Gasteiger partial charge in [0.05, 0.1) is 25.6 Å². The minimum Gasteiger partial charge on any atom is -0.496 e. The van der Waals surface area contributed by atoms with E-state index in [-0.39, 0.29) is 12.2 Å². The number of benzene rings is 2. The second-order valence-corrected chi connectivity index (χ2v) is 6.92. The van der Waals surface area contributed by atoms with Gasteiger partial charge in [-0.25, -0.2) is 12.8 Å². The average molecular weight is 323 g/mol. The lowest BCUT2D eigenvalue weighted by atomic mass is 10.2. The normalized spacial score (nSPS) is 11.3. The summed E-state index contributed by atoms with van der Waals surface area (Å²) in [5.41, 5.74) is 1.46. The molecular weight excluding hydrogens is 305 g/mol. The Balaban J connectivity index is 2.45. The maximum Gasteiger partial charge on any atom is 0.232 e. The zero-order valence-electron chi connectivity index (χ0n) is 12.7. The molecule has 2 rings (SSSR count). The maximum atomic E-state index is 13.8. The van der Waals surface area contributed by atoms with Gasteiger partial charge in [0.2, 0.25) is 10.0 Å². The van der Waals surface area contributed by atoms with Gasteiger partial charge in [0.1, 0.15) is 11.6 Å². The van der Waals surface area contributed by atoms with Crippen LogP contribution in [0.4, 0.5) is 10.1 Å². The predicted octanol–water partition coefficient (Wildman–Crippen LogP) is 3.11. The summed E-state index contributed by atoms with van der Waals surface area (Å²) in [4.78, 5) is 0. The van der Waals surface area contributed by atoms with Crippen LogP contribution in [0.3, 0.4) is 0 Å². The second-order valence-electron chi connectivity index (χ2n) is 5.01. The quantitative estimate of drug-likeness (QED) is 0.849. The first-order chi connectivity index (χ1) is 10.3. The standard InChI is InChI=1S/C16H18FNO3S/c1-12-8-9-14(10-15(12)17)18(22(3,19)20)11-13-6-4-5-7-16(13)21-2/h4-10H,11H2,1-3H3. The van der Waals surface area contributed by atoms with E-state index in [1.807, 2.05) is 0 Å². The minimum atomic E-state index is -3.56. The maximum absolute atomic E-state index is 13.8. The zero-order valence-corrected chi connectivity index (χ0v) is 13.5. The number of anilines is 1. The monoisotopic (exact) mass is 323 g/mol. The molecule has 6 heteroatoms. The van der Waals surface area contributed by atoms with Crippen LogP contribution in [-0.4, -0.2) is 21.8 Å². The number of methoxy groups -OCH3 is 1. The molecule has 2 aromatic rings. The first kappa shape index (κ1) is 16.3. The molecule has 0 spiro atoms. The smallest absolute Gasteiger partial charge is 0.232 e. The molecule has 4 nitrogen and oxygen atoms in total. The van der Waals surface area contributed by atoms with E-state index < -0.39 is 15.8 Å². The van der Waals surface area contributed by atoms with Gasteiger partial charge < -0.3 is 4.74 Å². The summed E-state index contributed by atoms with van der Waals surface area (Å²) in [5.74, 6) is 0.148. The van der Waals surface area contributed by atoms with Gasteiger partial charge in [0.15, 0.2) is 0 Å². The lowest BCUT2D eigenvalue weighted by molar-refractivity contribution is 0.410. The molecule has 0 radical (unpaired) electrons. The first-order valence-corrected chi connectivity index (χ1v) is 8.53. The van der Waals surface area contributed by atoms with Crippen LogP contribution < -0.4 is 9.04 Å². The van der Waals surface area contributed by atoms with Crippen LogP contribution in [0.15, 0.2) is 42.5 Å². The Kier molecular flexibility index (Phi) is 4.71. The number of hydrogen-bond donors (Lipinski definition) is 0. The molecule has 118 valence electrons. The van der Waals surface area contributed by atoms with Gasteiger partial charge in [-0.05, 0) is 30.7 Å². The number of rotatable bonds is 5. The summed E-state index contributed by atoms with van der Waals surface area (Å²) < 4.78 is 44.4. The summed E-state index contributed by atoms with van der Waals surface area (Å²) in [6.07, 6.45) is 1.10. The molecule has 0 amide bonds. The third-order valence-electron chi connectivity index (χ3n) is 3.35. The third kappa shape index (κ3) is 3.57. The molecule has 0 saturated carbocycles. The number of ether oxygens (including phenoxy) is 1. The molecule has 0 aromatic heterocycles. The second kappa shape index (κ2) is 6.36. The molecule has 0 saturated heterocycles. The number of para-hydroxylation sites is 1. The van der Waals surface area contributed by atoms with Gasteiger partial charge in [-0.15, -0.1) is 0 Å². The van der Waals surface area contributed by atoms with E-state index in [9.17, 15) is 12.8 Å². The van der Waals surface area contributed by atoms with Crippen LogP contribution in [0.25, 0.3) is 0 Å². The molecule has 22 heavy (non-hydrogen) atoms. The Hall–Kier alpha value is -2.08. The predicted molar refractivity (Wildman–Crippen MR) is 85.2 cm³/mol. The molecule has 0 N–H and O–H groups in total. The van der Waals surface area contributed by atoms with E-state index in [1.54, 1.807) is 43.3 Å². The van der Waals surface area contributed by atoms with Crippen molar-refractivity contribution >= 4 is 15.7 Å². The average Bonchev–Trinajstić information content (AvgIpc) is 2.47. The highest BCUT2D eigenvalue weighted by molar-refractivity contribution is 7.92. The van der Waals surface area contributed by atoms with Crippen molar-refractivity contribution in [1.29, 1.82) is 0 Å². The molecule has 0 fully saturated rings. The van der Waals surface area contributed by atoms with Crippen molar-refractivity contribution in [2.24, 2.45) is 0 Å². The fraction of sp³-hybridized carbons (Fsp3) is 0.250. The van der Waals surface area contributed by atoms with Gasteiger partial charge in [-0.1, -0.05) is 24.3 Å². The van der Waals surface area contributed by atoms with Crippen molar-refractivity contribution in [3.8, 4) is 5.75 Å². The molecular formula is C16H18FNO3S. The lowest BCUT2D eigenvalue weighted by Crippen LogP contribution is -2.29. The van der Waals surface area contributed by atoms with Crippen molar-refractivity contribution in [3.05, 3.63) is 59.4 Å². The van der Waals surface area contributed by atoms with Crippen LogP contribution in [-0.2, 0) is 16.6 Å². The zero-order chi connectivity index (χ0) is 16.3. The van der Waals surface area contributed by atoms with Crippen LogP contribution in [0, 0.1) is 12.7 Å². The fourth-order valence-electron chi connectivity index (χ4n) is 2.13. The van der Waals surface area contributed by atoms with Gasteiger partial charge in [-0.3, -0.25) is 4.31 Å². The Morgan fingerprint density at radius 2 is 1.86 bits per heavy atom. The van der Waals surface area contributed by atoms with E-state index in [4.69, 9.17) is 4.74 Å². The van der Waals surface area contributed by atoms with E-state index in [0.717, 1.165) is 10.6 Å². The van der Waals surface area contributed by atoms with E-state index in [1.165, 1.54) is 13.2 Å². The molecule has 0 aliphatic heterocycles. The number of aryl methyl sites for hydroxylation is 1. The Labute approximate surface area is 130 Å². The molecule has 0 atom stereocenters. The van der Waals surface area contributed by atoms with Crippen molar-refractivity contribution < 1.29 is 17.5 Å². The number of halogens is 1. The fourth-order valence-corrected chi connectivity index (χ4v) is 3.00. The van der Waals surface area contributed by atoms with Gasteiger partial charge >= 0.3 is 0 Å². The van der Waals surface area contributed by atoms with E-state index >= 15 is 0 Å². The number of hydrogen-bond acceptors (Lipinski definition) is 3. The Morgan fingerprint density at radius 1 is 1.18 bits per heavy atom. The third-order valence-corrected chi connectivity index (χ3v) is 4.49. The van der Waals surface area contributed by atoms with Crippen molar-refractivity contribution in [2.75, 3.05) is 17.7 Å². The first-order valence-electron chi connectivity index (χ1n) is 6.68. The molecule has 0 bridgehead atoms. The van der Waals surface area contributed by atoms with Crippen LogP contribution >= 0.6 is 0 Å². The van der Waals surface area contributed by atoms with Crippen LogP contribution in [0.5, 0.6) is 5.75 Å². The van der Waals surface area contributed by atoms with Gasteiger partial charge in [-0.2, -0.15) is 0 Å². The lowest BCUT2D eigenvalue weighted by Gasteiger charge is -2.23. The summed E-state index contributed by atoms with van der Waals surface area (Å²) >= 11 is 0. The van der Waals surface area contributed by atoms with E-state index in [2.05, 4.69) is 0 Å². The summed E-state index contributed by atoms with van der Waals surface area (Å²) in [6.45, 7) is 1.70. The van der Waals surface area contributed by atoms with Crippen LogP contribution in [0.2, 0.25) is 0 Å². The summed E-state index contributed by atoms with van der Waals surface area (Å²) in [5, 5.41) is 0. The number of nitrogens with zero attached hydrogens (tertiary/aromatic N) is 1. The van der Waals surface area contributed by atoms with Crippen molar-refractivity contribution in [2.45, 2.75) is 13.5 Å². The summed E-state index contributed by atoms with van der Waals surface area (Å²) in [6, 6.07) is 11.5. The van der Waals surface area contributed by atoms with Crippen LogP contribution in [0.1, 0.15) is 11.1 Å².